The third-order valence-corrected chi connectivity index (χ3v) is 5.41. The molecule has 5 nitrogen and oxygen atoms in total. The predicted octanol–water partition coefficient (Wildman–Crippen LogP) is 2.95. The number of para-hydroxylation sites is 1. The van der Waals surface area contributed by atoms with Crippen molar-refractivity contribution in [1.82, 2.24) is 9.78 Å². The van der Waals surface area contributed by atoms with Crippen LogP contribution in [-0.2, 0) is 33.5 Å². The number of benzene rings is 2. The summed E-state index contributed by atoms with van der Waals surface area (Å²) in [6, 6.07) is 15.3. The Morgan fingerprint density at radius 3 is 2.58 bits per heavy atom. The quantitative estimate of drug-likeness (QED) is 0.769. The van der Waals surface area contributed by atoms with Gasteiger partial charge in [-0.25, -0.2) is 9.07 Å². The molecule has 132 valence electrons. The van der Waals surface area contributed by atoms with Crippen LogP contribution < -0.4 is 5.32 Å². The number of aromatic nitrogens is 2. The fourth-order valence-corrected chi connectivity index (χ4v) is 4.24. The summed E-state index contributed by atoms with van der Waals surface area (Å²) in [6.07, 6.45) is 0.123. The molecule has 1 N–H and O–H groups in total. The van der Waals surface area contributed by atoms with Gasteiger partial charge in [0.25, 0.3) is 0 Å². The van der Waals surface area contributed by atoms with Gasteiger partial charge in [-0.3, -0.25) is 9.00 Å². The van der Waals surface area contributed by atoms with Gasteiger partial charge < -0.3 is 5.32 Å². The fourth-order valence-electron chi connectivity index (χ4n) is 2.98. The third kappa shape index (κ3) is 3.30. The first-order chi connectivity index (χ1) is 12.6. The van der Waals surface area contributed by atoms with Crippen LogP contribution in [0, 0.1) is 5.82 Å². The first-order valence-corrected chi connectivity index (χ1v) is 9.64. The van der Waals surface area contributed by atoms with E-state index in [0.717, 1.165) is 22.5 Å². The minimum Gasteiger partial charge on any atom is -0.310 e. The van der Waals surface area contributed by atoms with Crippen LogP contribution in [0.25, 0.3) is 5.69 Å². The second-order valence-electron chi connectivity index (χ2n) is 6.10. The van der Waals surface area contributed by atoms with E-state index in [1.807, 2.05) is 30.3 Å². The number of amides is 1. The van der Waals surface area contributed by atoms with Crippen molar-refractivity contribution in [3.8, 4) is 5.69 Å². The molecule has 1 atom stereocenters. The number of carbonyl (C=O) groups excluding carboxylic acids is 1. The Labute approximate surface area is 152 Å². The number of nitrogens with one attached hydrogen (secondary N) is 1. The first kappa shape index (κ1) is 16.7. The van der Waals surface area contributed by atoms with Crippen LogP contribution in [-0.4, -0.2) is 19.9 Å². The van der Waals surface area contributed by atoms with E-state index in [0.29, 0.717) is 17.3 Å². The van der Waals surface area contributed by atoms with Crippen molar-refractivity contribution in [2.75, 3.05) is 5.32 Å². The Morgan fingerprint density at radius 1 is 1.12 bits per heavy atom. The SMILES string of the molecule is O=C(Cc1ccc(F)cc1)Nc1c2c(nn1-c1ccccc1)C[S@@](=O)C2. The van der Waals surface area contributed by atoms with Crippen molar-refractivity contribution >= 4 is 22.5 Å². The highest BCUT2D eigenvalue weighted by Crippen LogP contribution is 2.31. The molecule has 1 aromatic heterocycles. The Hall–Kier alpha value is -2.80. The summed E-state index contributed by atoms with van der Waals surface area (Å²) >= 11 is 0. The summed E-state index contributed by atoms with van der Waals surface area (Å²) in [5.41, 5.74) is 3.11. The number of hydrogen-bond acceptors (Lipinski definition) is 3. The van der Waals surface area contributed by atoms with Gasteiger partial charge in [0.15, 0.2) is 0 Å². The first-order valence-electron chi connectivity index (χ1n) is 8.15. The average molecular weight is 369 g/mol. The lowest BCUT2D eigenvalue weighted by Crippen LogP contribution is -2.18. The molecular formula is C19H16FN3O2S. The molecular weight excluding hydrogens is 353 g/mol. The summed E-state index contributed by atoms with van der Waals surface area (Å²) in [4.78, 5) is 12.5. The highest BCUT2D eigenvalue weighted by atomic mass is 32.2. The summed E-state index contributed by atoms with van der Waals surface area (Å²) in [6.45, 7) is 0. The molecule has 0 fully saturated rings. The van der Waals surface area contributed by atoms with Crippen LogP contribution in [0.4, 0.5) is 10.2 Å². The molecule has 7 heteroatoms. The van der Waals surface area contributed by atoms with E-state index in [9.17, 15) is 13.4 Å². The smallest absolute Gasteiger partial charge is 0.229 e. The second-order valence-corrected chi connectivity index (χ2v) is 7.56. The molecule has 0 bridgehead atoms. The molecule has 0 unspecified atom stereocenters. The van der Waals surface area contributed by atoms with Gasteiger partial charge in [-0.15, -0.1) is 0 Å². The zero-order chi connectivity index (χ0) is 18.1. The second kappa shape index (κ2) is 6.84. The zero-order valence-electron chi connectivity index (χ0n) is 13.8. The third-order valence-electron chi connectivity index (χ3n) is 4.21. The lowest BCUT2D eigenvalue weighted by molar-refractivity contribution is -0.115. The number of nitrogens with zero attached hydrogens (tertiary/aromatic N) is 2. The maximum atomic E-state index is 13.0. The van der Waals surface area contributed by atoms with Crippen molar-refractivity contribution < 1.29 is 13.4 Å². The van der Waals surface area contributed by atoms with Crippen LogP contribution in [0.3, 0.4) is 0 Å². The van der Waals surface area contributed by atoms with Crippen molar-refractivity contribution in [2.24, 2.45) is 0 Å². The minimum absolute atomic E-state index is 0.123. The monoisotopic (exact) mass is 369 g/mol. The Morgan fingerprint density at radius 2 is 1.85 bits per heavy atom. The van der Waals surface area contributed by atoms with Gasteiger partial charge in [-0.05, 0) is 29.8 Å². The van der Waals surface area contributed by atoms with E-state index >= 15 is 0 Å². The highest BCUT2D eigenvalue weighted by molar-refractivity contribution is 7.83. The molecule has 0 radical (unpaired) electrons. The van der Waals surface area contributed by atoms with Crippen molar-refractivity contribution in [3.63, 3.8) is 0 Å². The van der Waals surface area contributed by atoms with Crippen LogP contribution >= 0.6 is 0 Å². The highest BCUT2D eigenvalue weighted by Gasteiger charge is 2.28. The number of anilines is 1. The normalized spacial score (nSPS) is 15.7. The molecule has 0 spiro atoms. The van der Waals surface area contributed by atoms with Crippen molar-refractivity contribution in [3.05, 3.63) is 77.2 Å². The van der Waals surface area contributed by atoms with Gasteiger partial charge >= 0.3 is 0 Å². The Bertz CT molecular complexity index is 984. The summed E-state index contributed by atoms with van der Waals surface area (Å²) in [5.74, 6) is 0.777. The van der Waals surface area contributed by atoms with Crippen molar-refractivity contribution in [1.29, 1.82) is 0 Å². The summed E-state index contributed by atoms with van der Waals surface area (Å²) in [7, 11) is -0.987. The van der Waals surface area contributed by atoms with Crippen LogP contribution in [0.2, 0.25) is 0 Å². The van der Waals surface area contributed by atoms with Gasteiger partial charge in [0.1, 0.15) is 11.6 Å². The van der Waals surface area contributed by atoms with Crippen molar-refractivity contribution in [2.45, 2.75) is 17.9 Å². The van der Waals surface area contributed by atoms with Crippen LogP contribution in [0.15, 0.2) is 54.6 Å². The molecule has 1 aliphatic heterocycles. The average Bonchev–Trinajstić information content (AvgIpc) is 3.15. The Kier molecular flexibility index (Phi) is 4.38. The topological polar surface area (TPSA) is 64.0 Å². The number of rotatable bonds is 4. The van der Waals surface area contributed by atoms with Gasteiger partial charge in [0.05, 0.1) is 29.3 Å². The number of hydrogen-bond donors (Lipinski definition) is 1. The largest absolute Gasteiger partial charge is 0.310 e. The Balaban J connectivity index is 1.63. The number of carbonyl (C=O) groups is 1. The van der Waals surface area contributed by atoms with E-state index in [-0.39, 0.29) is 18.1 Å². The van der Waals surface area contributed by atoms with Gasteiger partial charge in [-0.2, -0.15) is 5.10 Å². The standard InChI is InChI=1S/C19H16FN3O2S/c20-14-8-6-13(7-9-14)10-18(24)21-19-16-11-26(25)12-17(16)22-23(19)15-4-2-1-3-5-15/h1-9H,10-12H2,(H,21,24)/t26-/m0/s1. The van der Waals surface area contributed by atoms with Crippen LogP contribution in [0.1, 0.15) is 16.8 Å². The van der Waals surface area contributed by atoms with E-state index in [1.54, 1.807) is 16.8 Å². The van der Waals surface area contributed by atoms with E-state index < -0.39 is 10.8 Å². The number of halogens is 1. The minimum atomic E-state index is -0.987. The van der Waals surface area contributed by atoms with Gasteiger partial charge in [0.2, 0.25) is 5.91 Å². The fraction of sp³-hybridized carbons (Fsp3) is 0.158. The van der Waals surface area contributed by atoms with Gasteiger partial charge in [-0.1, -0.05) is 30.3 Å². The zero-order valence-corrected chi connectivity index (χ0v) is 14.6. The number of fused-ring (bicyclic) bond motifs is 1. The predicted molar refractivity (Wildman–Crippen MR) is 97.8 cm³/mol. The summed E-state index contributed by atoms with van der Waals surface area (Å²) in [5, 5.41) is 7.45. The molecule has 4 rings (SSSR count). The van der Waals surface area contributed by atoms with Crippen LogP contribution in [0.5, 0.6) is 0 Å². The molecule has 1 amide bonds. The van der Waals surface area contributed by atoms with Gasteiger partial charge in [0, 0.05) is 16.4 Å². The molecule has 0 aliphatic carbocycles. The maximum Gasteiger partial charge on any atom is 0.229 e. The molecule has 3 aromatic rings. The lowest BCUT2D eigenvalue weighted by atomic mass is 10.1. The molecule has 0 saturated carbocycles. The molecule has 2 heterocycles. The van der Waals surface area contributed by atoms with E-state index in [1.165, 1.54) is 12.1 Å². The van der Waals surface area contributed by atoms with E-state index in [2.05, 4.69) is 10.4 Å². The molecule has 0 saturated heterocycles. The lowest BCUT2D eigenvalue weighted by Gasteiger charge is -2.11. The molecule has 1 aliphatic rings. The maximum absolute atomic E-state index is 13.0. The molecule has 2 aromatic carbocycles. The molecule has 26 heavy (non-hydrogen) atoms. The summed E-state index contributed by atoms with van der Waals surface area (Å²) < 4.78 is 26.6. The van der Waals surface area contributed by atoms with E-state index in [4.69, 9.17) is 0 Å².